The number of para-hydroxylation sites is 2. The molecule has 182 valence electrons. The van der Waals surface area contributed by atoms with Crippen molar-refractivity contribution in [1.29, 1.82) is 0 Å². The van der Waals surface area contributed by atoms with Crippen LogP contribution in [-0.2, 0) is 17.7 Å². The van der Waals surface area contributed by atoms with Crippen LogP contribution in [0.5, 0.6) is 11.6 Å². The number of methoxy groups -OCH3 is 1. The summed E-state index contributed by atoms with van der Waals surface area (Å²) >= 11 is 0. The van der Waals surface area contributed by atoms with Gasteiger partial charge in [-0.1, -0.05) is 73.7 Å². The van der Waals surface area contributed by atoms with Gasteiger partial charge in [-0.05, 0) is 36.2 Å². The summed E-state index contributed by atoms with van der Waals surface area (Å²) in [6.07, 6.45) is 0.153. The van der Waals surface area contributed by atoms with E-state index in [4.69, 9.17) is 14.6 Å². The fourth-order valence-corrected chi connectivity index (χ4v) is 4.07. The fraction of sp³-hybridized carbons (Fsp3) is 0.276. The zero-order valence-electron chi connectivity index (χ0n) is 20.4. The lowest BCUT2D eigenvalue weighted by Crippen LogP contribution is -2.31. The van der Waals surface area contributed by atoms with E-state index >= 15 is 0 Å². The standard InChI is InChI=1S/C29H33N3O3/c1-3-27-26(21-31(19-20-34-2)22-28(33)23-13-7-4-8-14-23)29(35-25-17-11-6-12-18-25)32(30-27)24-15-9-5-10-16-24/h4-18,28,33H,3,19-22H2,1-2H3. The largest absolute Gasteiger partial charge is 0.439 e. The maximum Gasteiger partial charge on any atom is 0.227 e. The molecule has 0 radical (unpaired) electrons. The molecule has 3 aromatic carbocycles. The summed E-state index contributed by atoms with van der Waals surface area (Å²) in [5.74, 6) is 1.44. The number of aliphatic hydroxyl groups is 1. The van der Waals surface area contributed by atoms with Crippen LogP contribution in [-0.4, -0.2) is 46.6 Å². The molecule has 6 heteroatoms. The molecular weight excluding hydrogens is 438 g/mol. The molecule has 0 spiro atoms. The lowest BCUT2D eigenvalue weighted by atomic mass is 10.1. The van der Waals surface area contributed by atoms with E-state index in [-0.39, 0.29) is 0 Å². The number of nitrogens with zero attached hydrogens (tertiary/aromatic N) is 3. The molecule has 0 aliphatic heterocycles. The quantitative estimate of drug-likeness (QED) is 0.299. The summed E-state index contributed by atoms with van der Waals surface area (Å²) in [6.45, 7) is 4.38. The molecule has 1 N–H and O–H groups in total. The molecule has 0 bridgehead atoms. The first-order chi connectivity index (χ1) is 17.2. The van der Waals surface area contributed by atoms with E-state index in [1.807, 2.05) is 95.7 Å². The number of rotatable bonds is 12. The highest BCUT2D eigenvalue weighted by atomic mass is 16.5. The van der Waals surface area contributed by atoms with Gasteiger partial charge in [-0.15, -0.1) is 0 Å². The van der Waals surface area contributed by atoms with Crippen molar-refractivity contribution in [2.24, 2.45) is 0 Å². The van der Waals surface area contributed by atoms with Crippen molar-refractivity contribution in [3.8, 4) is 17.3 Å². The second-order valence-corrected chi connectivity index (χ2v) is 8.40. The van der Waals surface area contributed by atoms with E-state index in [2.05, 4.69) is 11.8 Å². The highest BCUT2D eigenvalue weighted by molar-refractivity contribution is 5.43. The topological polar surface area (TPSA) is 59.8 Å². The van der Waals surface area contributed by atoms with Crippen LogP contribution in [0, 0.1) is 0 Å². The lowest BCUT2D eigenvalue weighted by Gasteiger charge is -2.25. The predicted molar refractivity (Wildman–Crippen MR) is 138 cm³/mol. The Labute approximate surface area is 207 Å². The molecule has 35 heavy (non-hydrogen) atoms. The number of hydrogen-bond donors (Lipinski definition) is 1. The smallest absolute Gasteiger partial charge is 0.227 e. The predicted octanol–water partition coefficient (Wildman–Crippen LogP) is 5.41. The normalized spacial score (nSPS) is 12.1. The molecule has 0 aliphatic rings. The number of aryl methyl sites for hydroxylation is 1. The number of benzene rings is 3. The minimum Gasteiger partial charge on any atom is -0.439 e. The maximum absolute atomic E-state index is 10.9. The molecule has 4 aromatic rings. The van der Waals surface area contributed by atoms with Crippen molar-refractivity contribution in [2.75, 3.05) is 26.8 Å². The third-order valence-corrected chi connectivity index (χ3v) is 5.92. The van der Waals surface area contributed by atoms with Gasteiger partial charge in [0, 0.05) is 26.7 Å². The maximum atomic E-state index is 10.9. The Kier molecular flexibility index (Phi) is 8.68. The summed E-state index contributed by atoms with van der Waals surface area (Å²) < 4.78 is 13.7. The molecule has 6 nitrogen and oxygen atoms in total. The van der Waals surface area contributed by atoms with Crippen LogP contribution in [0.15, 0.2) is 91.0 Å². The SMILES string of the molecule is CCc1nn(-c2ccccc2)c(Oc2ccccc2)c1CN(CCOC)CC(O)c1ccccc1. The van der Waals surface area contributed by atoms with Crippen LogP contribution in [0.2, 0.25) is 0 Å². The summed E-state index contributed by atoms with van der Waals surface area (Å²) in [4.78, 5) is 2.20. The van der Waals surface area contributed by atoms with Gasteiger partial charge in [0.05, 0.1) is 29.7 Å². The van der Waals surface area contributed by atoms with Gasteiger partial charge in [-0.3, -0.25) is 4.90 Å². The molecule has 1 heterocycles. The van der Waals surface area contributed by atoms with E-state index in [9.17, 15) is 5.11 Å². The molecule has 4 rings (SSSR count). The Morgan fingerprint density at radius 1 is 0.914 bits per heavy atom. The minimum atomic E-state index is -0.610. The Hall–Kier alpha value is -3.45. The van der Waals surface area contributed by atoms with Crippen molar-refractivity contribution < 1.29 is 14.6 Å². The van der Waals surface area contributed by atoms with E-state index in [0.717, 1.165) is 34.7 Å². The van der Waals surface area contributed by atoms with Gasteiger partial charge in [0.25, 0.3) is 0 Å². The van der Waals surface area contributed by atoms with Crippen LogP contribution in [0.3, 0.4) is 0 Å². The van der Waals surface area contributed by atoms with E-state index in [1.165, 1.54) is 0 Å². The first-order valence-corrected chi connectivity index (χ1v) is 12.0. The summed E-state index contributed by atoms with van der Waals surface area (Å²) in [6, 6.07) is 29.6. The first-order valence-electron chi connectivity index (χ1n) is 12.0. The minimum absolute atomic E-state index is 0.470. The highest BCUT2D eigenvalue weighted by Gasteiger charge is 2.24. The van der Waals surface area contributed by atoms with Crippen LogP contribution in [0.4, 0.5) is 0 Å². The second-order valence-electron chi connectivity index (χ2n) is 8.40. The van der Waals surface area contributed by atoms with Crippen LogP contribution < -0.4 is 4.74 Å². The number of ether oxygens (including phenoxy) is 2. The van der Waals surface area contributed by atoms with Gasteiger partial charge in [0.1, 0.15) is 5.75 Å². The van der Waals surface area contributed by atoms with Crippen molar-refractivity contribution in [1.82, 2.24) is 14.7 Å². The summed E-state index contributed by atoms with van der Waals surface area (Å²) in [7, 11) is 1.70. The zero-order chi connectivity index (χ0) is 24.5. The highest BCUT2D eigenvalue weighted by Crippen LogP contribution is 2.32. The van der Waals surface area contributed by atoms with Crippen LogP contribution in [0.1, 0.15) is 29.8 Å². The Balaban J connectivity index is 1.70. The van der Waals surface area contributed by atoms with Gasteiger partial charge in [0.15, 0.2) is 0 Å². The zero-order valence-corrected chi connectivity index (χ0v) is 20.4. The molecule has 1 unspecified atom stereocenters. The van der Waals surface area contributed by atoms with Gasteiger partial charge in [-0.25, -0.2) is 4.68 Å². The summed E-state index contributed by atoms with van der Waals surface area (Å²) in [5.41, 5.74) is 3.81. The number of aromatic nitrogens is 2. The molecule has 0 saturated carbocycles. The van der Waals surface area contributed by atoms with E-state index in [1.54, 1.807) is 7.11 Å². The fourth-order valence-electron chi connectivity index (χ4n) is 4.07. The monoisotopic (exact) mass is 471 g/mol. The molecule has 0 amide bonds. The van der Waals surface area contributed by atoms with Gasteiger partial charge >= 0.3 is 0 Å². The van der Waals surface area contributed by atoms with Crippen molar-refractivity contribution in [3.05, 3.63) is 108 Å². The Bertz CT molecular complexity index is 1160. The number of hydrogen-bond acceptors (Lipinski definition) is 5. The van der Waals surface area contributed by atoms with Crippen molar-refractivity contribution >= 4 is 0 Å². The Morgan fingerprint density at radius 3 is 2.17 bits per heavy atom. The lowest BCUT2D eigenvalue weighted by molar-refractivity contribution is 0.0844. The average Bonchev–Trinajstić information content (AvgIpc) is 3.25. The number of aliphatic hydroxyl groups excluding tert-OH is 1. The molecule has 0 saturated heterocycles. The van der Waals surface area contributed by atoms with Crippen LogP contribution in [0.25, 0.3) is 5.69 Å². The third kappa shape index (κ3) is 6.36. The second kappa shape index (κ2) is 12.3. The first kappa shape index (κ1) is 24.7. The van der Waals surface area contributed by atoms with Gasteiger partial charge in [-0.2, -0.15) is 5.10 Å². The molecular formula is C29H33N3O3. The third-order valence-electron chi connectivity index (χ3n) is 5.92. The van der Waals surface area contributed by atoms with Crippen molar-refractivity contribution in [3.63, 3.8) is 0 Å². The van der Waals surface area contributed by atoms with Crippen molar-refractivity contribution in [2.45, 2.75) is 26.0 Å². The molecule has 0 aliphatic carbocycles. The van der Waals surface area contributed by atoms with E-state index in [0.29, 0.717) is 32.1 Å². The molecule has 1 aromatic heterocycles. The Morgan fingerprint density at radius 2 is 1.54 bits per heavy atom. The molecule has 0 fully saturated rings. The summed E-state index contributed by atoms with van der Waals surface area (Å²) in [5, 5.41) is 15.9. The van der Waals surface area contributed by atoms with Crippen LogP contribution >= 0.6 is 0 Å². The average molecular weight is 472 g/mol. The van der Waals surface area contributed by atoms with E-state index < -0.39 is 6.10 Å². The van der Waals surface area contributed by atoms with Gasteiger partial charge < -0.3 is 14.6 Å². The molecule has 1 atom stereocenters. The van der Waals surface area contributed by atoms with Gasteiger partial charge in [0.2, 0.25) is 5.88 Å².